The zero-order chi connectivity index (χ0) is 19.1. The first-order chi connectivity index (χ1) is 12.3. The maximum Gasteiger partial charge on any atom is 0.355 e. The molecule has 1 aliphatic heterocycles. The van der Waals surface area contributed by atoms with Crippen LogP contribution in [0.4, 0.5) is 0 Å². The molecule has 26 heavy (non-hydrogen) atoms. The standard InChI is InChI=1S/C20H26N2O4/c1-14-9-15(2)12-22(11-14)19(24)13-26-20(25)18(21-16(3)23)10-17-7-5-4-6-8-17/h4-8,10,14-15H,9,11-13H2,1-3H3,(H,21,23)/b18-10-/t14-,15-/m0/s1. The molecule has 1 aromatic rings. The molecular formula is C20H26N2O4. The van der Waals surface area contributed by atoms with Crippen LogP contribution in [0, 0.1) is 11.8 Å². The van der Waals surface area contributed by atoms with E-state index in [1.807, 2.05) is 18.2 Å². The summed E-state index contributed by atoms with van der Waals surface area (Å²) in [5.74, 6) is -0.444. The second-order valence-corrected chi connectivity index (χ2v) is 6.97. The van der Waals surface area contributed by atoms with Crippen LogP contribution in [0.25, 0.3) is 6.08 Å². The first kappa shape index (κ1) is 19.7. The van der Waals surface area contributed by atoms with Crippen LogP contribution in [-0.4, -0.2) is 42.4 Å². The molecule has 140 valence electrons. The fraction of sp³-hybridized carbons (Fsp3) is 0.450. The van der Waals surface area contributed by atoms with Gasteiger partial charge in [0, 0.05) is 20.0 Å². The number of esters is 1. The maximum absolute atomic E-state index is 12.3. The van der Waals surface area contributed by atoms with Crippen LogP contribution in [0.2, 0.25) is 0 Å². The lowest BCUT2D eigenvalue weighted by Gasteiger charge is -2.34. The summed E-state index contributed by atoms with van der Waals surface area (Å²) >= 11 is 0. The minimum absolute atomic E-state index is 0.0110. The molecule has 0 unspecified atom stereocenters. The van der Waals surface area contributed by atoms with Crippen molar-refractivity contribution in [3.63, 3.8) is 0 Å². The maximum atomic E-state index is 12.3. The molecule has 2 atom stereocenters. The van der Waals surface area contributed by atoms with Crippen LogP contribution in [0.3, 0.4) is 0 Å². The van der Waals surface area contributed by atoms with Gasteiger partial charge in [0.25, 0.3) is 5.91 Å². The number of carbonyl (C=O) groups excluding carboxylic acids is 3. The van der Waals surface area contributed by atoms with Crippen molar-refractivity contribution in [2.75, 3.05) is 19.7 Å². The summed E-state index contributed by atoms with van der Waals surface area (Å²) in [5, 5.41) is 2.47. The molecule has 0 aromatic heterocycles. The molecule has 0 spiro atoms. The summed E-state index contributed by atoms with van der Waals surface area (Å²) in [4.78, 5) is 37.8. The lowest BCUT2D eigenvalue weighted by molar-refractivity contribution is -0.150. The third kappa shape index (κ3) is 6.02. The molecule has 6 heteroatoms. The fourth-order valence-corrected chi connectivity index (χ4v) is 3.21. The monoisotopic (exact) mass is 358 g/mol. The summed E-state index contributed by atoms with van der Waals surface area (Å²) in [7, 11) is 0. The van der Waals surface area contributed by atoms with E-state index in [9.17, 15) is 14.4 Å². The zero-order valence-electron chi connectivity index (χ0n) is 15.5. The quantitative estimate of drug-likeness (QED) is 0.647. The molecule has 2 rings (SSSR count). The Kier molecular flexibility index (Phi) is 6.95. The number of hydrogen-bond acceptors (Lipinski definition) is 4. The van der Waals surface area contributed by atoms with Gasteiger partial charge in [0.05, 0.1) is 0 Å². The van der Waals surface area contributed by atoms with Crippen molar-refractivity contribution in [1.29, 1.82) is 0 Å². The molecule has 0 bridgehead atoms. The van der Waals surface area contributed by atoms with Gasteiger partial charge in [-0.3, -0.25) is 9.59 Å². The van der Waals surface area contributed by atoms with Crippen molar-refractivity contribution >= 4 is 23.9 Å². The van der Waals surface area contributed by atoms with E-state index in [-0.39, 0.29) is 24.1 Å². The number of likely N-dealkylation sites (tertiary alicyclic amines) is 1. The Morgan fingerprint density at radius 1 is 1.15 bits per heavy atom. The van der Waals surface area contributed by atoms with Gasteiger partial charge in [-0.2, -0.15) is 0 Å². The van der Waals surface area contributed by atoms with Crippen LogP contribution in [0.1, 0.15) is 32.8 Å². The van der Waals surface area contributed by atoms with Crippen molar-refractivity contribution in [1.82, 2.24) is 10.2 Å². The van der Waals surface area contributed by atoms with E-state index < -0.39 is 5.97 Å². The van der Waals surface area contributed by atoms with Crippen molar-refractivity contribution in [2.24, 2.45) is 11.8 Å². The normalized spacial score (nSPS) is 20.4. The molecule has 0 saturated carbocycles. The average Bonchev–Trinajstić information content (AvgIpc) is 2.58. The Bertz CT molecular complexity index is 674. The number of benzene rings is 1. The minimum Gasteiger partial charge on any atom is -0.451 e. The predicted molar refractivity (Wildman–Crippen MR) is 98.7 cm³/mol. The van der Waals surface area contributed by atoms with Gasteiger partial charge in [0.15, 0.2) is 6.61 Å². The van der Waals surface area contributed by atoms with Gasteiger partial charge in [0.1, 0.15) is 5.70 Å². The van der Waals surface area contributed by atoms with Gasteiger partial charge < -0.3 is 15.0 Å². The van der Waals surface area contributed by atoms with Gasteiger partial charge in [-0.15, -0.1) is 0 Å². The highest BCUT2D eigenvalue weighted by molar-refractivity contribution is 5.98. The Balaban J connectivity index is 1.99. The molecule has 1 N–H and O–H groups in total. The van der Waals surface area contributed by atoms with E-state index >= 15 is 0 Å². The molecule has 1 fully saturated rings. The van der Waals surface area contributed by atoms with Gasteiger partial charge in [-0.25, -0.2) is 4.79 Å². The lowest BCUT2D eigenvalue weighted by Crippen LogP contribution is -2.44. The summed E-state index contributed by atoms with van der Waals surface area (Å²) in [6, 6.07) is 9.11. The van der Waals surface area contributed by atoms with Crippen molar-refractivity contribution in [3.8, 4) is 0 Å². The number of nitrogens with one attached hydrogen (secondary N) is 1. The smallest absolute Gasteiger partial charge is 0.355 e. The summed E-state index contributed by atoms with van der Waals surface area (Å²) in [5.41, 5.74) is 0.759. The van der Waals surface area contributed by atoms with Gasteiger partial charge in [-0.05, 0) is 29.9 Å². The molecule has 1 heterocycles. The topological polar surface area (TPSA) is 75.7 Å². The van der Waals surface area contributed by atoms with Crippen LogP contribution in [-0.2, 0) is 19.1 Å². The highest BCUT2D eigenvalue weighted by atomic mass is 16.5. The number of ether oxygens (including phenoxy) is 1. The molecule has 1 saturated heterocycles. The minimum atomic E-state index is -0.726. The Hall–Kier alpha value is -2.63. The van der Waals surface area contributed by atoms with Crippen molar-refractivity contribution in [2.45, 2.75) is 27.2 Å². The van der Waals surface area contributed by atoms with Crippen LogP contribution >= 0.6 is 0 Å². The van der Waals surface area contributed by atoms with E-state index in [1.54, 1.807) is 17.0 Å². The molecule has 1 aromatic carbocycles. The average molecular weight is 358 g/mol. The Morgan fingerprint density at radius 2 is 1.77 bits per heavy atom. The largest absolute Gasteiger partial charge is 0.451 e. The molecule has 1 aliphatic rings. The number of rotatable bonds is 5. The highest BCUT2D eigenvalue weighted by Crippen LogP contribution is 2.21. The summed E-state index contributed by atoms with van der Waals surface area (Å²) in [6.07, 6.45) is 2.62. The van der Waals surface area contributed by atoms with E-state index in [0.717, 1.165) is 12.0 Å². The first-order valence-corrected chi connectivity index (χ1v) is 8.84. The molecule has 2 amide bonds. The second kappa shape index (κ2) is 9.17. The van der Waals surface area contributed by atoms with Crippen LogP contribution < -0.4 is 5.32 Å². The van der Waals surface area contributed by atoms with Gasteiger partial charge in [-0.1, -0.05) is 44.2 Å². The number of hydrogen-bond donors (Lipinski definition) is 1. The zero-order valence-corrected chi connectivity index (χ0v) is 15.5. The van der Waals surface area contributed by atoms with Crippen molar-refractivity contribution < 1.29 is 19.1 Å². The Labute approximate surface area is 154 Å². The summed E-state index contributed by atoms with van der Waals surface area (Å²) < 4.78 is 5.15. The molecule has 0 radical (unpaired) electrons. The third-order valence-corrected chi connectivity index (χ3v) is 4.19. The van der Waals surface area contributed by atoms with Gasteiger partial charge in [0.2, 0.25) is 5.91 Å². The summed E-state index contributed by atoms with van der Waals surface area (Å²) in [6.45, 7) is 6.56. The van der Waals surface area contributed by atoms with E-state index in [2.05, 4.69) is 19.2 Å². The third-order valence-electron chi connectivity index (χ3n) is 4.19. The number of piperidine rings is 1. The van der Waals surface area contributed by atoms with E-state index in [4.69, 9.17) is 4.74 Å². The fourth-order valence-electron chi connectivity index (χ4n) is 3.21. The number of nitrogens with zero attached hydrogens (tertiary/aromatic N) is 1. The Morgan fingerprint density at radius 3 is 2.35 bits per heavy atom. The second-order valence-electron chi connectivity index (χ2n) is 6.97. The van der Waals surface area contributed by atoms with Gasteiger partial charge >= 0.3 is 5.97 Å². The predicted octanol–water partition coefficient (Wildman–Crippen LogP) is 2.21. The molecule has 6 nitrogen and oxygen atoms in total. The SMILES string of the molecule is CC(=O)N/C(=C\c1ccccc1)C(=O)OCC(=O)N1C[C@@H](C)C[C@H](C)C1. The van der Waals surface area contributed by atoms with Crippen molar-refractivity contribution in [3.05, 3.63) is 41.6 Å². The first-order valence-electron chi connectivity index (χ1n) is 8.84. The highest BCUT2D eigenvalue weighted by Gasteiger charge is 2.26. The number of amides is 2. The van der Waals surface area contributed by atoms with Crippen LogP contribution in [0.15, 0.2) is 36.0 Å². The van der Waals surface area contributed by atoms with Crippen LogP contribution in [0.5, 0.6) is 0 Å². The van der Waals surface area contributed by atoms with E-state index in [0.29, 0.717) is 24.9 Å². The van der Waals surface area contributed by atoms with E-state index in [1.165, 1.54) is 13.0 Å². The molecular weight excluding hydrogens is 332 g/mol. The number of carbonyl (C=O) groups is 3. The molecule has 0 aliphatic carbocycles. The lowest BCUT2D eigenvalue weighted by atomic mass is 9.92.